The third-order valence-electron chi connectivity index (χ3n) is 7.45. The van der Waals surface area contributed by atoms with Crippen LogP contribution in [0.4, 0.5) is 10.5 Å². The maximum Gasteiger partial charge on any atom is 0.317 e. The van der Waals surface area contributed by atoms with E-state index in [1.165, 1.54) is 43.4 Å². The van der Waals surface area contributed by atoms with Crippen molar-refractivity contribution in [3.8, 4) is 0 Å². The van der Waals surface area contributed by atoms with Crippen molar-refractivity contribution in [3.05, 3.63) is 29.8 Å². The maximum absolute atomic E-state index is 12.9. The highest BCUT2D eigenvalue weighted by atomic mass is 16.2. The number of piperazine rings is 1. The zero-order valence-corrected chi connectivity index (χ0v) is 15.9. The summed E-state index contributed by atoms with van der Waals surface area (Å²) in [6, 6.07) is 9.31. The normalized spacial score (nSPS) is 35.7. The molecule has 1 N–H and O–H groups in total. The molecule has 0 spiro atoms. The summed E-state index contributed by atoms with van der Waals surface area (Å²) in [6.45, 7) is 5.65. The molecule has 26 heavy (non-hydrogen) atoms. The number of carbonyl (C=O) groups excluding carboxylic acids is 1. The lowest BCUT2D eigenvalue weighted by Gasteiger charge is -2.54. The molecule has 1 aromatic rings. The fourth-order valence-electron chi connectivity index (χ4n) is 6.39. The Morgan fingerprint density at radius 3 is 2.23 bits per heavy atom. The van der Waals surface area contributed by atoms with Gasteiger partial charge in [-0.05, 0) is 80.4 Å². The van der Waals surface area contributed by atoms with Crippen molar-refractivity contribution in [2.45, 2.75) is 45.1 Å². The van der Waals surface area contributed by atoms with Crippen LogP contribution in [0.3, 0.4) is 0 Å². The monoisotopic (exact) mass is 353 g/mol. The minimum Gasteiger partial charge on any atom is -0.368 e. The third-order valence-corrected chi connectivity index (χ3v) is 7.45. The van der Waals surface area contributed by atoms with E-state index >= 15 is 0 Å². The summed E-state index contributed by atoms with van der Waals surface area (Å²) < 4.78 is 0. The third kappa shape index (κ3) is 2.97. The Kier molecular flexibility index (Phi) is 4.10. The van der Waals surface area contributed by atoms with Crippen LogP contribution in [0, 0.1) is 30.6 Å². The summed E-state index contributed by atoms with van der Waals surface area (Å²) in [5.74, 6) is 3.43. The zero-order chi connectivity index (χ0) is 17.7. The number of nitrogens with zero attached hydrogens (tertiary/aromatic N) is 2. The first kappa shape index (κ1) is 16.5. The Morgan fingerprint density at radius 2 is 1.62 bits per heavy atom. The van der Waals surface area contributed by atoms with Gasteiger partial charge < -0.3 is 15.1 Å². The van der Waals surface area contributed by atoms with E-state index < -0.39 is 0 Å². The molecule has 1 aliphatic heterocycles. The molecule has 4 aliphatic carbocycles. The molecular weight excluding hydrogens is 322 g/mol. The van der Waals surface area contributed by atoms with Crippen LogP contribution in [0.25, 0.3) is 0 Å². The van der Waals surface area contributed by atoms with Gasteiger partial charge in [-0.1, -0.05) is 12.1 Å². The summed E-state index contributed by atoms with van der Waals surface area (Å²) in [5.41, 5.74) is 2.58. The topological polar surface area (TPSA) is 35.6 Å². The Morgan fingerprint density at radius 1 is 0.962 bits per heavy atom. The Balaban J connectivity index is 1.18. The molecule has 2 amide bonds. The number of benzene rings is 1. The Labute approximate surface area is 156 Å². The summed E-state index contributed by atoms with van der Waals surface area (Å²) in [4.78, 5) is 17.3. The molecular formula is C22H31N3O. The van der Waals surface area contributed by atoms with E-state index in [1.807, 2.05) is 4.90 Å². The molecule has 4 heteroatoms. The van der Waals surface area contributed by atoms with Crippen LogP contribution >= 0.6 is 0 Å². The van der Waals surface area contributed by atoms with Gasteiger partial charge in [-0.3, -0.25) is 0 Å². The van der Waals surface area contributed by atoms with Crippen LogP contribution < -0.4 is 10.2 Å². The number of anilines is 1. The number of nitrogens with one attached hydrogen (secondary N) is 1. The molecule has 0 atom stereocenters. The molecule has 6 rings (SSSR count). The number of hydrogen-bond acceptors (Lipinski definition) is 2. The number of carbonyl (C=O) groups is 1. The molecule has 1 aromatic carbocycles. The van der Waals surface area contributed by atoms with Gasteiger partial charge in [0.2, 0.25) is 0 Å². The number of aryl methyl sites for hydroxylation is 1. The smallest absolute Gasteiger partial charge is 0.317 e. The lowest BCUT2D eigenvalue weighted by atomic mass is 9.54. The van der Waals surface area contributed by atoms with E-state index in [0.29, 0.717) is 6.04 Å². The molecule has 0 aromatic heterocycles. The second kappa shape index (κ2) is 6.47. The summed E-state index contributed by atoms with van der Waals surface area (Å²) in [6.07, 6.45) is 6.91. The van der Waals surface area contributed by atoms with E-state index in [-0.39, 0.29) is 6.03 Å². The highest BCUT2D eigenvalue weighted by Crippen LogP contribution is 2.53. The molecule has 1 heterocycles. The van der Waals surface area contributed by atoms with E-state index in [9.17, 15) is 4.79 Å². The van der Waals surface area contributed by atoms with Crippen LogP contribution in [-0.4, -0.2) is 43.2 Å². The first-order chi connectivity index (χ1) is 12.7. The van der Waals surface area contributed by atoms with Gasteiger partial charge in [-0.15, -0.1) is 0 Å². The largest absolute Gasteiger partial charge is 0.368 e. The average molecular weight is 354 g/mol. The van der Waals surface area contributed by atoms with Crippen molar-refractivity contribution in [3.63, 3.8) is 0 Å². The molecule has 4 nitrogen and oxygen atoms in total. The van der Waals surface area contributed by atoms with Crippen molar-refractivity contribution in [2.75, 3.05) is 31.1 Å². The predicted molar refractivity (Wildman–Crippen MR) is 104 cm³/mol. The molecule has 5 aliphatic rings. The maximum atomic E-state index is 12.9. The SMILES string of the molecule is Cc1cccc(N2CCN(C(=O)NC3C4CC5CC(C4)CC3C5)CC2)c1. The number of amides is 2. The Bertz CT molecular complexity index is 652. The van der Waals surface area contributed by atoms with Gasteiger partial charge in [0.15, 0.2) is 0 Å². The highest BCUT2D eigenvalue weighted by molar-refractivity contribution is 5.75. The molecule has 0 radical (unpaired) electrons. The van der Waals surface area contributed by atoms with Gasteiger partial charge in [-0.25, -0.2) is 4.79 Å². The summed E-state index contributed by atoms with van der Waals surface area (Å²) in [7, 11) is 0. The van der Waals surface area contributed by atoms with Gasteiger partial charge in [0.1, 0.15) is 0 Å². The zero-order valence-electron chi connectivity index (χ0n) is 15.9. The minimum atomic E-state index is 0.186. The second-order valence-corrected chi connectivity index (χ2v) is 9.22. The molecule has 5 fully saturated rings. The average Bonchev–Trinajstić information content (AvgIpc) is 2.64. The first-order valence-corrected chi connectivity index (χ1v) is 10.5. The predicted octanol–water partition coefficient (Wildman–Crippen LogP) is 3.65. The standard InChI is InChI=1S/C22H31N3O/c1-15-3-2-4-20(9-15)24-5-7-25(8-6-24)22(26)23-21-18-11-16-10-17(13-18)14-19(21)12-16/h2-4,9,16-19,21H,5-8,10-14H2,1H3,(H,23,26). The van der Waals surface area contributed by atoms with E-state index in [0.717, 1.165) is 49.9 Å². The Hall–Kier alpha value is -1.71. The molecule has 140 valence electrons. The number of rotatable bonds is 2. The van der Waals surface area contributed by atoms with Gasteiger partial charge in [-0.2, -0.15) is 0 Å². The fraction of sp³-hybridized carbons (Fsp3) is 0.682. The molecule has 1 saturated heterocycles. The summed E-state index contributed by atoms with van der Waals surface area (Å²) >= 11 is 0. The van der Waals surface area contributed by atoms with Crippen molar-refractivity contribution >= 4 is 11.7 Å². The fourth-order valence-corrected chi connectivity index (χ4v) is 6.39. The lowest BCUT2D eigenvalue weighted by Crippen LogP contribution is -2.60. The van der Waals surface area contributed by atoms with Crippen LogP contribution in [0.5, 0.6) is 0 Å². The summed E-state index contributed by atoms with van der Waals surface area (Å²) in [5, 5.41) is 3.46. The minimum absolute atomic E-state index is 0.186. The van der Waals surface area contributed by atoms with Crippen LogP contribution in [0.1, 0.15) is 37.7 Å². The van der Waals surface area contributed by atoms with Crippen LogP contribution in [0.15, 0.2) is 24.3 Å². The van der Waals surface area contributed by atoms with Crippen LogP contribution in [0.2, 0.25) is 0 Å². The quantitative estimate of drug-likeness (QED) is 0.881. The van der Waals surface area contributed by atoms with Crippen molar-refractivity contribution in [1.29, 1.82) is 0 Å². The van der Waals surface area contributed by atoms with E-state index in [1.54, 1.807) is 0 Å². The van der Waals surface area contributed by atoms with E-state index in [4.69, 9.17) is 0 Å². The van der Waals surface area contributed by atoms with Gasteiger partial charge in [0, 0.05) is 37.9 Å². The van der Waals surface area contributed by atoms with Crippen molar-refractivity contribution < 1.29 is 4.79 Å². The lowest BCUT2D eigenvalue weighted by molar-refractivity contribution is -0.0110. The number of urea groups is 1. The second-order valence-electron chi connectivity index (χ2n) is 9.22. The molecule has 4 bridgehead atoms. The van der Waals surface area contributed by atoms with Crippen molar-refractivity contribution in [1.82, 2.24) is 10.2 Å². The van der Waals surface area contributed by atoms with Crippen molar-refractivity contribution in [2.24, 2.45) is 23.7 Å². The molecule has 4 saturated carbocycles. The van der Waals surface area contributed by atoms with Gasteiger partial charge in [0.25, 0.3) is 0 Å². The number of hydrogen-bond donors (Lipinski definition) is 1. The first-order valence-electron chi connectivity index (χ1n) is 10.5. The molecule has 0 unspecified atom stereocenters. The van der Waals surface area contributed by atoms with E-state index in [2.05, 4.69) is 41.4 Å². The van der Waals surface area contributed by atoms with Gasteiger partial charge >= 0.3 is 6.03 Å². The van der Waals surface area contributed by atoms with Gasteiger partial charge in [0.05, 0.1) is 0 Å². The highest BCUT2D eigenvalue weighted by Gasteiger charge is 2.48. The van der Waals surface area contributed by atoms with Crippen LogP contribution in [-0.2, 0) is 0 Å².